The van der Waals surface area contributed by atoms with Crippen LogP contribution in [0.2, 0.25) is 0 Å². The standard InChI is InChI=1S/C21H34N4OS2/c1-6-14(2)24-15-7-9-16(10-8-15)25-20-23-12-19(28-20)27-13-18-22-11-17(26-18)21(3,4)5/h11-12,14-16,24H,6-10,13H2,1-5H3,(H,23,25). The van der Waals surface area contributed by atoms with Gasteiger partial charge in [0.1, 0.15) is 5.76 Å². The van der Waals surface area contributed by atoms with Gasteiger partial charge in [0.05, 0.1) is 22.4 Å². The van der Waals surface area contributed by atoms with E-state index in [1.807, 2.05) is 12.4 Å². The highest BCUT2D eigenvalue weighted by Crippen LogP contribution is 2.33. The van der Waals surface area contributed by atoms with E-state index < -0.39 is 0 Å². The molecule has 1 saturated carbocycles. The first-order chi connectivity index (χ1) is 13.3. The summed E-state index contributed by atoms with van der Waals surface area (Å²) in [6.07, 6.45) is 9.92. The second-order valence-electron chi connectivity index (χ2n) is 8.81. The van der Waals surface area contributed by atoms with Crippen molar-refractivity contribution in [3.8, 4) is 0 Å². The molecule has 0 saturated heterocycles. The van der Waals surface area contributed by atoms with Gasteiger partial charge in [0.25, 0.3) is 0 Å². The maximum Gasteiger partial charge on any atom is 0.204 e. The molecule has 1 aliphatic carbocycles. The number of nitrogens with zero attached hydrogens (tertiary/aromatic N) is 2. The van der Waals surface area contributed by atoms with Crippen molar-refractivity contribution in [1.29, 1.82) is 0 Å². The van der Waals surface area contributed by atoms with Crippen molar-refractivity contribution in [2.45, 2.75) is 100 Å². The summed E-state index contributed by atoms with van der Waals surface area (Å²) < 4.78 is 7.07. The Kier molecular flexibility index (Phi) is 7.45. The van der Waals surface area contributed by atoms with E-state index in [1.165, 1.54) is 36.3 Å². The van der Waals surface area contributed by atoms with Crippen molar-refractivity contribution in [2.75, 3.05) is 5.32 Å². The number of aromatic nitrogens is 2. The van der Waals surface area contributed by atoms with E-state index in [2.05, 4.69) is 55.2 Å². The lowest BCUT2D eigenvalue weighted by Crippen LogP contribution is -2.41. The Balaban J connectivity index is 1.43. The van der Waals surface area contributed by atoms with Crippen molar-refractivity contribution in [3.05, 3.63) is 24.0 Å². The van der Waals surface area contributed by atoms with E-state index in [4.69, 9.17) is 4.42 Å². The zero-order chi connectivity index (χ0) is 20.1. The molecular weight excluding hydrogens is 388 g/mol. The second-order valence-corrected chi connectivity index (χ2v) is 11.1. The Morgan fingerprint density at radius 1 is 1.18 bits per heavy atom. The summed E-state index contributed by atoms with van der Waals surface area (Å²) in [7, 11) is 0. The fourth-order valence-corrected chi connectivity index (χ4v) is 5.15. The Morgan fingerprint density at radius 2 is 1.89 bits per heavy atom. The minimum atomic E-state index is 0.000593. The van der Waals surface area contributed by atoms with Crippen LogP contribution in [0.1, 0.15) is 78.4 Å². The molecule has 0 aliphatic heterocycles. The number of thiazole rings is 1. The van der Waals surface area contributed by atoms with Gasteiger partial charge in [-0.05, 0) is 39.0 Å². The molecule has 2 heterocycles. The normalized spacial score (nSPS) is 21.6. The first-order valence-electron chi connectivity index (χ1n) is 10.4. The van der Waals surface area contributed by atoms with Gasteiger partial charge >= 0.3 is 0 Å². The lowest BCUT2D eigenvalue weighted by molar-refractivity contribution is 0.326. The van der Waals surface area contributed by atoms with E-state index in [1.54, 1.807) is 23.1 Å². The number of hydrogen-bond acceptors (Lipinski definition) is 7. The summed E-state index contributed by atoms with van der Waals surface area (Å²) in [6.45, 7) is 10.9. The zero-order valence-corrected chi connectivity index (χ0v) is 19.4. The average Bonchev–Trinajstić information content (AvgIpc) is 3.30. The van der Waals surface area contributed by atoms with Crippen LogP contribution in [-0.4, -0.2) is 28.1 Å². The summed E-state index contributed by atoms with van der Waals surface area (Å²) >= 11 is 3.47. The first-order valence-corrected chi connectivity index (χ1v) is 12.2. The van der Waals surface area contributed by atoms with Gasteiger partial charge < -0.3 is 15.1 Å². The van der Waals surface area contributed by atoms with Crippen LogP contribution in [0, 0.1) is 0 Å². The molecule has 0 amide bonds. The zero-order valence-electron chi connectivity index (χ0n) is 17.7. The van der Waals surface area contributed by atoms with Crippen LogP contribution in [0.25, 0.3) is 0 Å². The Hall–Kier alpha value is -1.05. The predicted octanol–water partition coefficient (Wildman–Crippen LogP) is 5.83. The van der Waals surface area contributed by atoms with E-state index in [0.717, 1.165) is 22.5 Å². The fraction of sp³-hybridized carbons (Fsp3) is 0.714. The predicted molar refractivity (Wildman–Crippen MR) is 119 cm³/mol. The summed E-state index contributed by atoms with van der Waals surface area (Å²) in [5, 5.41) is 8.41. The molecule has 5 nitrogen and oxygen atoms in total. The van der Waals surface area contributed by atoms with Crippen molar-refractivity contribution < 1.29 is 4.42 Å². The molecule has 28 heavy (non-hydrogen) atoms. The Bertz CT molecular complexity index is 729. The topological polar surface area (TPSA) is 63.0 Å². The highest BCUT2D eigenvalue weighted by Gasteiger charge is 2.23. The molecule has 1 unspecified atom stereocenters. The van der Waals surface area contributed by atoms with Gasteiger partial charge in [0.2, 0.25) is 5.89 Å². The summed E-state index contributed by atoms with van der Waals surface area (Å²) in [5.41, 5.74) is 0.000593. The first kappa shape index (κ1) is 21.7. The number of anilines is 1. The molecule has 7 heteroatoms. The summed E-state index contributed by atoms with van der Waals surface area (Å²) in [4.78, 5) is 8.97. The molecule has 3 rings (SSSR count). The SMILES string of the molecule is CCC(C)NC1CCC(Nc2ncc(SCc3ncc(C(C)(C)C)o3)s2)CC1. The number of thioether (sulfide) groups is 1. The van der Waals surface area contributed by atoms with Gasteiger partial charge in [-0.3, -0.25) is 0 Å². The monoisotopic (exact) mass is 422 g/mol. The van der Waals surface area contributed by atoms with Crippen LogP contribution in [0.3, 0.4) is 0 Å². The van der Waals surface area contributed by atoms with Crippen LogP contribution in [-0.2, 0) is 11.2 Å². The van der Waals surface area contributed by atoms with Gasteiger partial charge in [-0.15, -0.1) is 11.8 Å². The van der Waals surface area contributed by atoms with Crippen molar-refractivity contribution in [2.24, 2.45) is 0 Å². The third kappa shape index (κ3) is 6.22. The van der Waals surface area contributed by atoms with Crippen LogP contribution in [0.5, 0.6) is 0 Å². The van der Waals surface area contributed by atoms with Crippen LogP contribution >= 0.6 is 23.1 Å². The average molecular weight is 423 g/mol. The third-order valence-corrected chi connectivity index (χ3v) is 7.41. The van der Waals surface area contributed by atoms with Gasteiger partial charge in [-0.2, -0.15) is 0 Å². The molecule has 0 radical (unpaired) electrons. The molecular formula is C21H34N4OS2. The molecule has 1 fully saturated rings. The maximum absolute atomic E-state index is 5.87. The van der Waals surface area contributed by atoms with E-state index in [-0.39, 0.29) is 5.41 Å². The van der Waals surface area contributed by atoms with Gasteiger partial charge in [-0.25, -0.2) is 9.97 Å². The quantitative estimate of drug-likeness (QED) is 0.522. The summed E-state index contributed by atoms with van der Waals surface area (Å²) in [6, 6.07) is 1.84. The van der Waals surface area contributed by atoms with Crippen LogP contribution in [0.4, 0.5) is 5.13 Å². The van der Waals surface area contributed by atoms with E-state index in [9.17, 15) is 0 Å². The second kappa shape index (κ2) is 9.63. The molecule has 1 aliphatic rings. The lowest BCUT2D eigenvalue weighted by Gasteiger charge is -2.31. The van der Waals surface area contributed by atoms with Gasteiger partial charge in [0, 0.05) is 23.5 Å². The number of nitrogens with one attached hydrogen (secondary N) is 2. The van der Waals surface area contributed by atoms with E-state index >= 15 is 0 Å². The maximum atomic E-state index is 5.87. The smallest absolute Gasteiger partial charge is 0.204 e. The molecule has 0 spiro atoms. The molecule has 0 bridgehead atoms. The summed E-state index contributed by atoms with van der Waals surface area (Å²) in [5.74, 6) is 2.46. The van der Waals surface area contributed by atoms with Crippen molar-refractivity contribution >= 4 is 28.2 Å². The van der Waals surface area contributed by atoms with Crippen LogP contribution in [0.15, 0.2) is 21.0 Å². The highest BCUT2D eigenvalue weighted by atomic mass is 32.2. The molecule has 156 valence electrons. The van der Waals surface area contributed by atoms with Crippen molar-refractivity contribution in [3.63, 3.8) is 0 Å². The number of hydrogen-bond donors (Lipinski definition) is 2. The van der Waals surface area contributed by atoms with Gasteiger partial charge in [-0.1, -0.05) is 39.0 Å². The molecule has 2 aromatic heterocycles. The minimum absolute atomic E-state index is 0.000593. The molecule has 0 aromatic carbocycles. The Labute approximate surface area is 177 Å². The molecule has 1 atom stereocenters. The lowest BCUT2D eigenvalue weighted by atomic mass is 9.91. The number of oxazole rings is 1. The number of rotatable bonds is 8. The Morgan fingerprint density at radius 3 is 2.54 bits per heavy atom. The minimum Gasteiger partial charge on any atom is -0.444 e. The molecule has 2 aromatic rings. The third-order valence-electron chi connectivity index (χ3n) is 5.30. The van der Waals surface area contributed by atoms with Crippen molar-refractivity contribution in [1.82, 2.24) is 15.3 Å². The van der Waals surface area contributed by atoms with Gasteiger partial charge in [0.15, 0.2) is 5.13 Å². The highest BCUT2D eigenvalue weighted by molar-refractivity contribution is 8.00. The fourth-order valence-electron chi connectivity index (χ4n) is 3.35. The van der Waals surface area contributed by atoms with Crippen LogP contribution < -0.4 is 10.6 Å². The largest absolute Gasteiger partial charge is 0.444 e. The molecule has 2 N–H and O–H groups in total. The van der Waals surface area contributed by atoms with E-state index in [0.29, 0.717) is 18.1 Å².